The van der Waals surface area contributed by atoms with E-state index >= 15 is 0 Å². The van der Waals surface area contributed by atoms with E-state index in [1.54, 1.807) is 6.07 Å². The third-order valence-corrected chi connectivity index (χ3v) is 2.80. The fourth-order valence-electron chi connectivity index (χ4n) is 2.06. The third-order valence-electron chi connectivity index (χ3n) is 2.80. The Hall–Kier alpha value is -0.930. The first-order chi connectivity index (χ1) is 8.04. The van der Waals surface area contributed by atoms with Gasteiger partial charge in [0.25, 0.3) is 0 Å². The van der Waals surface area contributed by atoms with Gasteiger partial charge >= 0.3 is 0 Å². The Morgan fingerprint density at radius 3 is 2.59 bits per heavy atom. The van der Waals surface area contributed by atoms with Crippen LogP contribution < -0.4 is 5.73 Å². The van der Waals surface area contributed by atoms with Crippen molar-refractivity contribution in [2.75, 3.05) is 6.61 Å². The lowest BCUT2D eigenvalue weighted by atomic mass is 9.94. The van der Waals surface area contributed by atoms with Crippen molar-refractivity contribution < 1.29 is 9.13 Å². The number of rotatable bonds is 6. The van der Waals surface area contributed by atoms with Gasteiger partial charge < -0.3 is 10.5 Å². The topological polar surface area (TPSA) is 35.2 Å². The van der Waals surface area contributed by atoms with Gasteiger partial charge in [0.15, 0.2) is 0 Å². The molecule has 1 rings (SSSR count). The minimum absolute atomic E-state index is 0.0169. The molecule has 1 aromatic rings. The molecule has 0 saturated heterocycles. The zero-order chi connectivity index (χ0) is 12.8. The summed E-state index contributed by atoms with van der Waals surface area (Å²) in [5, 5.41) is 0. The van der Waals surface area contributed by atoms with E-state index in [1.165, 1.54) is 12.1 Å². The highest BCUT2D eigenvalue weighted by Crippen LogP contribution is 2.14. The summed E-state index contributed by atoms with van der Waals surface area (Å²) in [5.41, 5.74) is 7.06. The van der Waals surface area contributed by atoms with E-state index in [1.807, 2.05) is 13.0 Å². The summed E-state index contributed by atoms with van der Waals surface area (Å²) in [6.45, 7) is 6.79. The molecule has 2 atom stereocenters. The average molecular weight is 239 g/mol. The molecule has 0 aliphatic carbocycles. The van der Waals surface area contributed by atoms with Gasteiger partial charge in [-0.05, 0) is 37.0 Å². The van der Waals surface area contributed by atoms with E-state index in [4.69, 9.17) is 10.5 Å². The normalized spacial score (nSPS) is 14.9. The standard InChI is InChI=1S/C14H22FNO/c1-4-17-14(10(2)3)13(16)9-11-6-5-7-12(15)8-11/h5-8,10,13-14H,4,9,16H2,1-3H3. The van der Waals surface area contributed by atoms with E-state index < -0.39 is 0 Å². The largest absolute Gasteiger partial charge is 0.377 e. The summed E-state index contributed by atoms with van der Waals surface area (Å²) in [6, 6.07) is 6.48. The number of nitrogens with two attached hydrogens (primary N) is 1. The molecular formula is C14H22FNO. The molecule has 0 radical (unpaired) electrons. The van der Waals surface area contributed by atoms with Crippen LogP contribution in [0.4, 0.5) is 4.39 Å². The van der Waals surface area contributed by atoms with Crippen molar-refractivity contribution in [2.45, 2.75) is 39.3 Å². The van der Waals surface area contributed by atoms with Gasteiger partial charge in [-0.1, -0.05) is 26.0 Å². The highest BCUT2D eigenvalue weighted by Gasteiger charge is 2.21. The predicted octanol–water partition coefficient (Wildman–Crippen LogP) is 2.76. The van der Waals surface area contributed by atoms with Crippen molar-refractivity contribution >= 4 is 0 Å². The lowest BCUT2D eigenvalue weighted by Crippen LogP contribution is -2.42. The Morgan fingerprint density at radius 1 is 1.35 bits per heavy atom. The van der Waals surface area contributed by atoms with E-state index in [2.05, 4.69) is 13.8 Å². The van der Waals surface area contributed by atoms with E-state index in [-0.39, 0.29) is 18.0 Å². The Balaban J connectivity index is 2.66. The summed E-state index contributed by atoms with van der Waals surface area (Å²) in [4.78, 5) is 0. The molecule has 0 fully saturated rings. The number of benzene rings is 1. The molecule has 0 spiro atoms. The first-order valence-electron chi connectivity index (χ1n) is 6.16. The molecule has 2 unspecified atom stereocenters. The Morgan fingerprint density at radius 2 is 2.06 bits per heavy atom. The van der Waals surface area contributed by atoms with Crippen LogP contribution in [0.25, 0.3) is 0 Å². The molecule has 96 valence electrons. The second-order valence-electron chi connectivity index (χ2n) is 4.66. The van der Waals surface area contributed by atoms with Crippen LogP contribution in [0.3, 0.4) is 0 Å². The monoisotopic (exact) mass is 239 g/mol. The van der Waals surface area contributed by atoms with Crippen LogP contribution in [0, 0.1) is 11.7 Å². The first-order valence-corrected chi connectivity index (χ1v) is 6.16. The molecule has 0 bridgehead atoms. The van der Waals surface area contributed by atoms with Gasteiger partial charge in [0.1, 0.15) is 5.82 Å². The van der Waals surface area contributed by atoms with Crippen molar-refractivity contribution in [1.82, 2.24) is 0 Å². The molecule has 17 heavy (non-hydrogen) atoms. The lowest BCUT2D eigenvalue weighted by molar-refractivity contribution is 0.0127. The first kappa shape index (κ1) is 14.1. The van der Waals surface area contributed by atoms with E-state index in [9.17, 15) is 4.39 Å². The van der Waals surface area contributed by atoms with Crippen LogP contribution >= 0.6 is 0 Å². The molecule has 2 nitrogen and oxygen atoms in total. The molecule has 0 aliphatic heterocycles. The summed E-state index contributed by atoms with van der Waals surface area (Å²) in [5.74, 6) is 0.144. The summed E-state index contributed by atoms with van der Waals surface area (Å²) >= 11 is 0. The second kappa shape index (κ2) is 6.72. The van der Waals surface area contributed by atoms with Crippen molar-refractivity contribution in [3.8, 4) is 0 Å². The van der Waals surface area contributed by atoms with Crippen molar-refractivity contribution in [3.63, 3.8) is 0 Å². The van der Waals surface area contributed by atoms with E-state index in [0.717, 1.165) is 5.56 Å². The minimum atomic E-state index is -0.216. The van der Waals surface area contributed by atoms with Gasteiger partial charge in [-0.15, -0.1) is 0 Å². The summed E-state index contributed by atoms with van der Waals surface area (Å²) in [6.07, 6.45) is 0.656. The summed E-state index contributed by atoms with van der Waals surface area (Å²) in [7, 11) is 0. The highest BCUT2D eigenvalue weighted by atomic mass is 19.1. The fourth-order valence-corrected chi connectivity index (χ4v) is 2.06. The van der Waals surface area contributed by atoms with Gasteiger partial charge in [-0.3, -0.25) is 0 Å². The van der Waals surface area contributed by atoms with Crippen LogP contribution in [0.15, 0.2) is 24.3 Å². The Labute approximate surface area is 103 Å². The zero-order valence-corrected chi connectivity index (χ0v) is 10.8. The van der Waals surface area contributed by atoms with E-state index in [0.29, 0.717) is 18.9 Å². The van der Waals surface area contributed by atoms with Crippen LogP contribution in [0.2, 0.25) is 0 Å². The lowest BCUT2D eigenvalue weighted by Gasteiger charge is -2.27. The average Bonchev–Trinajstić information content (AvgIpc) is 2.25. The zero-order valence-electron chi connectivity index (χ0n) is 10.8. The summed E-state index contributed by atoms with van der Waals surface area (Å²) < 4.78 is 18.7. The fraction of sp³-hybridized carbons (Fsp3) is 0.571. The number of ether oxygens (including phenoxy) is 1. The second-order valence-corrected chi connectivity index (χ2v) is 4.66. The molecule has 0 heterocycles. The molecule has 0 aliphatic rings. The maximum Gasteiger partial charge on any atom is 0.123 e. The number of halogens is 1. The molecule has 1 aromatic carbocycles. The van der Waals surface area contributed by atoms with Crippen LogP contribution in [-0.4, -0.2) is 18.8 Å². The highest BCUT2D eigenvalue weighted by molar-refractivity contribution is 5.17. The Kier molecular flexibility index (Phi) is 5.59. The minimum Gasteiger partial charge on any atom is -0.377 e. The van der Waals surface area contributed by atoms with Crippen molar-refractivity contribution in [3.05, 3.63) is 35.6 Å². The molecule has 0 saturated carbocycles. The maximum atomic E-state index is 13.1. The molecule has 3 heteroatoms. The molecule has 0 amide bonds. The Bertz CT molecular complexity index is 341. The number of hydrogen-bond acceptors (Lipinski definition) is 2. The SMILES string of the molecule is CCOC(C(C)C)C(N)Cc1cccc(F)c1. The quantitative estimate of drug-likeness (QED) is 0.828. The van der Waals surface area contributed by atoms with Gasteiger partial charge in [-0.2, -0.15) is 0 Å². The van der Waals surface area contributed by atoms with Crippen molar-refractivity contribution in [1.29, 1.82) is 0 Å². The van der Waals surface area contributed by atoms with Gasteiger partial charge in [-0.25, -0.2) is 4.39 Å². The third kappa shape index (κ3) is 4.44. The van der Waals surface area contributed by atoms with Gasteiger partial charge in [0.2, 0.25) is 0 Å². The maximum absolute atomic E-state index is 13.1. The molecule has 0 aromatic heterocycles. The van der Waals surface area contributed by atoms with Gasteiger partial charge in [0, 0.05) is 12.6 Å². The predicted molar refractivity (Wildman–Crippen MR) is 68.3 cm³/mol. The van der Waals surface area contributed by atoms with Crippen LogP contribution in [-0.2, 0) is 11.2 Å². The van der Waals surface area contributed by atoms with Crippen molar-refractivity contribution in [2.24, 2.45) is 11.7 Å². The van der Waals surface area contributed by atoms with Crippen LogP contribution in [0.5, 0.6) is 0 Å². The van der Waals surface area contributed by atoms with Gasteiger partial charge in [0.05, 0.1) is 6.10 Å². The smallest absolute Gasteiger partial charge is 0.123 e. The molecule has 2 N–H and O–H groups in total. The number of hydrogen-bond donors (Lipinski definition) is 1. The van der Waals surface area contributed by atoms with Crippen LogP contribution in [0.1, 0.15) is 26.3 Å². The molecular weight excluding hydrogens is 217 g/mol.